The molecule has 6 heteroatoms. The molecule has 0 aromatic heterocycles. The van der Waals surface area contributed by atoms with Gasteiger partial charge in [-0.05, 0) is 30.0 Å². The van der Waals surface area contributed by atoms with Gasteiger partial charge in [-0.25, -0.2) is 4.79 Å². The van der Waals surface area contributed by atoms with Crippen molar-refractivity contribution < 1.29 is 14.3 Å². The van der Waals surface area contributed by atoms with Crippen LogP contribution >= 0.6 is 0 Å². The van der Waals surface area contributed by atoms with Crippen molar-refractivity contribution in [2.24, 2.45) is 0 Å². The number of fused-ring (bicyclic) bond motifs is 1. The number of nitrogens with one attached hydrogen (secondary N) is 1. The van der Waals surface area contributed by atoms with E-state index < -0.39 is 5.54 Å². The van der Waals surface area contributed by atoms with Crippen LogP contribution in [-0.2, 0) is 17.8 Å². The monoisotopic (exact) mass is 315 g/mol. The summed E-state index contributed by atoms with van der Waals surface area (Å²) in [5.41, 5.74) is 1.85. The summed E-state index contributed by atoms with van der Waals surface area (Å²) in [4.78, 5) is 27.5. The number of hydrogen-bond donors (Lipinski definition) is 1. The van der Waals surface area contributed by atoms with Gasteiger partial charge in [-0.3, -0.25) is 14.6 Å². The fourth-order valence-corrected chi connectivity index (χ4v) is 3.75. The summed E-state index contributed by atoms with van der Waals surface area (Å²) in [6, 6.07) is 6.16. The summed E-state index contributed by atoms with van der Waals surface area (Å²) in [6.45, 7) is 3.24. The number of hydrogen-bond acceptors (Lipinski definition) is 4. The van der Waals surface area contributed by atoms with Gasteiger partial charge in [0.1, 0.15) is 11.3 Å². The largest absolute Gasteiger partial charge is 0.493 e. The Morgan fingerprint density at radius 1 is 1.26 bits per heavy atom. The van der Waals surface area contributed by atoms with Gasteiger partial charge in [-0.2, -0.15) is 0 Å². The number of likely N-dealkylation sites (tertiary alicyclic amines) is 1. The molecule has 3 amide bonds. The number of likely N-dealkylation sites (N-methyl/N-ethyl adjacent to an activating group) is 1. The van der Waals surface area contributed by atoms with Gasteiger partial charge < -0.3 is 10.1 Å². The van der Waals surface area contributed by atoms with Gasteiger partial charge in [0.15, 0.2) is 0 Å². The Hall–Kier alpha value is -2.08. The van der Waals surface area contributed by atoms with Gasteiger partial charge in [0, 0.05) is 33.1 Å². The zero-order chi connectivity index (χ0) is 16.0. The van der Waals surface area contributed by atoms with Crippen LogP contribution in [-0.4, -0.2) is 54.0 Å². The van der Waals surface area contributed by atoms with E-state index in [4.69, 9.17) is 4.74 Å². The number of carbonyl (C=O) groups excluding carboxylic acids is 2. The molecule has 0 unspecified atom stereocenters. The molecule has 1 aromatic rings. The molecule has 3 aliphatic heterocycles. The lowest BCUT2D eigenvalue weighted by molar-refractivity contribution is -0.132. The van der Waals surface area contributed by atoms with E-state index >= 15 is 0 Å². The topological polar surface area (TPSA) is 61.9 Å². The molecule has 1 N–H and O–H groups in total. The van der Waals surface area contributed by atoms with Crippen LogP contribution < -0.4 is 10.1 Å². The van der Waals surface area contributed by atoms with Gasteiger partial charge in [0.05, 0.1) is 6.61 Å². The average molecular weight is 315 g/mol. The fraction of sp³-hybridized carbons (Fsp3) is 0.529. The number of piperidine rings is 1. The zero-order valence-electron chi connectivity index (χ0n) is 13.3. The summed E-state index contributed by atoms with van der Waals surface area (Å²) in [6.07, 6.45) is 2.34. The van der Waals surface area contributed by atoms with Gasteiger partial charge in [-0.1, -0.05) is 12.1 Å². The Balaban J connectivity index is 1.41. The maximum Gasteiger partial charge on any atom is 0.324 e. The number of amides is 3. The van der Waals surface area contributed by atoms with Crippen LogP contribution in [0.1, 0.15) is 24.0 Å². The zero-order valence-corrected chi connectivity index (χ0v) is 13.3. The van der Waals surface area contributed by atoms with Gasteiger partial charge in [0.2, 0.25) is 0 Å². The Bertz CT molecular complexity index is 665. The quantitative estimate of drug-likeness (QED) is 0.831. The molecule has 0 radical (unpaired) electrons. The first-order valence-corrected chi connectivity index (χ1v) is 8.15. The molecule has 1 spiro atoms. The smallest absolute Gasteiger partial charge is 0.324 e. The van der Waals surface area contributed by atoms with Crippen LogP contribution in [0, 0.1) is 0 Å². The van der Waals surface area contributed by atoms with Gasteiger partial charge in [-0.15, -0.1) is 0 Å². The van der Waals surface area contributed by atoms with E-state index in [2.05, 4.69) is 28.4 Å². The molecule has 2 fully saturated rings. The lowest BCUT2D eigenvalue weighted by atomic mass is 9.87. The van der Waals surface area contributed by atoms with E-state index in [-0.39, 0.29) is 11.9 Å². The van der Waals surface area contributed by atoms with E-state index in [0.29, 0.717) is 12.8 Å². The summed E-state index contributed by atoms with van der Waals surface area (Å²) >= 11 is 0. The third kappa shape index (κ3) is 2.37. The van der Waals surface area contributed by atoms with Crippen LogP contribution in [0.5, 0.6) is 5.75 Å². The summed E-state index contributed by atoms with van der Waals surface area (Å²) in [7, 11) is 1.54. The first-order chi connectivity index (χ1) is 11.1. The third-order valence-corrected chi connectivity index (χ3v) is 5.24. The average Bonchev–Trinajstić information content (AvgIpc) is 3.09. The SMILES string of the molecule is CN1C(=O)NC2(CCN(Cc3ccc4c(c3)OCC4)CC2)C1=O. The molecule has 1 aromatic carbocycles. The Morgan fingerprint density at radius 3 is 2.74 bits per heavy atom. The minimum atomic E-state index is -0.677. The minimum Gasteiger partial charge on any atom is -0.493 e. The highest BCUT2D eigenvalue weighted by molar-refractivity contribution is 6.06. The van der Waals surface area contributed by atoms with E-state index in [1.807, 2.05) is 0 Å². The van der Waals surface area contributed by atoms with E-state index in [1.54, 1.807) is 7.05 Å². The number of nitrogens with zero attached hydrogens (tertiary/aromatic N) is 2. The molecule has 0 saturated carbocycles. The van der Waals surface area contributed by atoms with E-state index in [9.17, 15) is 9.59 Å². The normalized spacial score (nSPS) is 23.1. The fourth-order valence-electron chi connectivity index (χ4n) is 3.75. The van der Waals surface area contributed by atoms with Crippen LogP contribution in [0.2, 0.25) is 0 Å². The number of imide groups is 1. The molecular weight excluding hydrogens is 294 g/mol. The van der Waals surface area contributed by atoms with Crippen molar-refractivity contribution >= 4 is 11.9 Å². The molecule has 4 rings (SSSR count). The molecule has 0 atom stereocenters. The minimum absolute atomic E-state index is 0.0897. The second-order valence-electron chi connectivity index (χ2n) is 6.69. The molecule has 23 heavy (non-hydrogen) atoms. The Morgan fingerprint density at radius 2 is 2.04 bits per heavy atom. The standard InChI is InChI=1S/C17H21N3O3/c1-19-15(21)17(18-16(19)22)5-7-20(8-6-17)11-12-2-3-13-4-9-23-14(13)10-12/h2-3,10H,4-9,11H2,1H3,(H,18,22). The molecule has 0 aliphatic carbocycles. The third-order valence-electron chi connectivity index (χ3n) is 5.24. The molecule has 6 nitrogen and oxygen atoms in total. The number of carbonyl (C=O) groups is 2. The van der Waals surface area contributed by atoms with Crippen LogP contribution in [0.4, 0.5) is 4.79 Å². The summed E-state index contributed by atoms with van der Waals surface area (Å²) in [5, 5.41) is 2.88. The lowest BCUT2D eigenvalue weighted by Gasteiger charge is -2.37. The Kier molecular flexibility index (Phi) is 3.30. The molecule has 3 aliphatic rings. The molecule has 3 heterocycles. The van der Waals surface area contributed by atoms with Crippen molar-refractivity contribution in [2.75, 3.05) is 26.7 Å². The predicted molar refractivity (Wildman–Crippen MR) is 84.2 cm³/mol. The highest BCUT2D eigenvalue weighted by Gasteiger charge is 2.50. The first-order valence-electron chi connectivity index (χ1n) is 8.15. The van der Waals surface area contributed by atoms with Crippen molar-refractivity contribution in [3.05, 3.63) is 29.3 Å². The number of benzene rings is 1. The lowest BCUT2D eigenvalue weighted by Crippen LogP contribution is -2.54. The van der Waals surface area contributed by atoms with Crippen molar-refractivity contribution in [3.63, 3.8) is 0 Å². The number of ether oxygens (including phenoxy) is 1. The molecule has 0 bridgehead atoms. The van der Waals surface area contributed by atoms with E-state index in [0.717, 1.165) is 38.4 Å². The van der Waals surface area contributed by atoms with Crippen LogP contribution in [0.15, 0.2) is 18.2 Å². The maximum absolute atomic E-state index is 12.3. The van der Waals surface area contributed by atoms with Gasteiger partial charge >= 0.3 is 6.03 Å². The number of rotatable bonds is 2. The van der Waals surface area contributed by atoms with E-state index in [1.165, 1.54) is 16.0 Å². The maximum atomic E-state index is 12.3. The van der Waals surface area contributed by atoms with Crippen molar-refractivity contribution in [1.82, 2.24) is 15.1 Å². The van der Waals surface area contributed by atoms with Crippen molar-refractivity contribution in [1.29, 1.82) is 0 Å². The van der Waals surface area contributed by atoms with Crippen molar-refractivity contribution in [3.8, 4) is 5.75 Å². The molecular formula is C17H21N3O3. The predicted octanol–water partition coefficient (Wildman–Crippen LogP) is 1.14. The van der Waals surface area contributed by atoms with Crippen LogP contribution in [0.3, 0.4) is 0 Å². The second-order valence-corrected chi connectivity index (χ2v) is 6.69. The first kappa shape index (κ1) is 14.5. The highest BCUT2D eigenvalue weighted by atomic mass is 16.5. The second kappa shape index (κ2) is 5.23. The van der Waals surface area contributed by atoms with Crippen molar-refractivity contribution in [2.45, 2.75) is 31.3 Å². The highest BCUT2D eigenvalue weighted by Crippen LogP contribution is 2.31. The summed E-state index contributed by atoms with van der Waals surface area (Å²) in [5.74, 6) is 0.920. The number of urea groups is 1. The summed E-state index contributed by atoms with van der Waals surface area (Å²) < 4.78 is 5.63. The molecule has 122 valence electrons. The Labute approximate surface area is 135 Å². The van der Waals surface area contributed by atoms with Crippen LogP contribution in [0.25, 0.3) is 0 Å². The molecule has 2 saturated heterocycles. The van der Waals surface area contributed by atoms with Gasteiger partial charge in [0.25, 0.3) is 5.91 Å².